The summed E-state index contributed by atoms with van der Waals surface area (Å²) in [6, 6.07) is 4.20. The van der Waals surface area contributed by atoms with Gasteiger partial charge in [-0.3, -0.25) is 0 Å². The average Bonchev–Trinajstić information content (AvgIpc) is 2.56. The molecular weight excluding hydrogens is 282 g/mol. The van der Waals surface area contributed by atoms with Crippen LogP contribution in [0, 0.1) is 0 Å². The summed E-state index contributed by atoms with van der Waals surface area (Å²) in [6.45, 7) is 10.7. The lowest BCUT2D eigenvalue weighted by Crippen LogP contribution is -2.49. The Hall–Kier alpha value is 0.177. The van der Waals surface area contributed by atoms with Crippen molar-refractivity contribution < 1.29 is 0 Å². The summed E-state index contributed by atoms with van der Waals surface area (Å²) in [4.78, 5) is 3.96. The zero-order valence-electron chi connectivity index (χ0n) is 16.3. The molecule has 0 aliphatic rings. The standard InChI is InChI=1S/C20H45NSi/c1-5-9-10-11-12-13-14-15-16-17-18-19-20-21-22(6-2,7-3)8-4/h21H,5-20H2,1-4H3. The Morgan fingerprint density at radius 3 is 1.23 bits per heavy atom. The molecular formula is C20H45NSi. The van der Waals surface area contributed by atoms with Gasteiger partial charge in [-0.15, -0.1) is 0 Å². The fourth-order valence-corrected chi connectivity index (χ4v) is 6.40. The molecule has 1 N–H and O–H groups in total. The smallest absolute Gasteiger partial charge is 0.124 e. The fourth-order valence-electron chi connectivity index (χ4n) is 3.44. The van der Waals surface area contributed by atoms with Crippen LogP contribution in [0.15, 0.2) is 0 Å². The number of nitrogens with one attached hydrogen (secondary N) is 1. The molecule has 0 fully saturated rings. The molecule has 0 unspecified atom stereocenters. The second-order valence-electron chi connectivity index (χ2n) is 7.16. The van der Waals surface area contributed by atoms with E-state index in [2.05, 4.69) is 32.7 Å². The Morgan fingerprint density at radius 1 is 0.500 bits per heavy atom. The Labute approximate surface area is 143 Å². The predicted molar refractivity (Wildman–Crippen MR) is 106 cm³/mol. The molecule has 0 saturated carbocycles. The number of hydrogen-bond donors (Lipinski definition) is 1. The van der Waals surface area contributed by atoms with Gasteiger partial charge in [0.25, 0.3) is 0 Å². The van der Waals surface area contributed by atoms with Crippen LogP contribution in [-0.4, -0.2) is 14.8 Å². The largest absolute Gasteiger partial charge is 0.337 e. The minimum absolute atomic E-state index is 1.07. The highest BCUT2D eigenvalue weighted by Gasteiger charge is 2.25. The Kier molecular flexibility index (Phi) is 16.2. The first kappa shape index (κ1) is 22.2. The Bertz CT molecular complexity index is 205. The van der Waals surface area contributed by atoms with Crippen LogP contribution in [-0.2, 0) is 0 Å². The minimum atomic E-state index is -1.07. The lowest BCUT2D eigenvalue weighted by Gasteiger charge is -2.29. The normalized spacial score (nSPS) is 12.0. The summed E-state index contributed by atoms with van der Waals surface area (Å²) in [6.07, 6.45) is 17.4. The van der Waals surface area contributed by atoms with E-state index in [1.807, 2.05) is 0 Å². The second-order valence-corrected chi connectivity index (χ2v) is 12.2. The first-order valence-corrected chi connectivity index (χ1v) is 13.1. The van der Waals surface area contributed by atoms with Gasteiger partial charge in [0.15, 0.2) is 0 Å². The van der Waals surface area contributed by atoms with Gasteiger partial charge in [0, 0.05) is 0 Å². The number of unbranched alkanes of at least 4 members (excludes halogenated alkanes) is 11. The van der Waals surface area contributed by atoms with Crippen molar-refractivity contribution in [3.8, 4) is 0 Å². The number of hydrogen-bond acceptors (Lipinski definition) is 1. The van der Waals surface area contributed by atoms with Gasteiger partial charge in [-0.05, 0) is 31.1 Å². The first-order chi connectivity index (χ1) is 10.7. The van der Waals surface area contributed by atoms with E-state index in [4.69, 9.17) is 0 Å². The highest BCUT2D eigenvalue weighted by atomic mass is 28.3. The van der Waals surface area contributed by atoms with Crippen LogP contribution in [0.4, 0.5) is 0 Å². The Morgan fingerprint density at radius 2 is 0.864 bits per heavy atom. The number of rotatable bonds is 17. The van der Waals surface area contributed by atoms with Crippen molar-refractivity contribution in [3.05, 3.63) is 0 Å². The molecule has 0 spiro atoms. The molecule has 0 amide bonds. The molecule has 0 aromatic rings. The third kappa shape index (κ3) is 11.7. The van der Waals surface area contributed by atoms with E-state index in [0.717, 1.165) is 0 Å². The lowest BCUT2D eigenvalue weighted by atomic mass is 10.1. The zero-order valence-corrected chi connectivity index (χ0v) is 17.3. The van der Waals surface area contributed by atoms with Crippen molar-refractivity contribution >= 4 is 8.24 Å². The first-order valence-electron chi connectivity index (χ1n) is 10.5. The molecule has 0 heterocycles. The van der Waals surface area contributed by atoms with Crippen molar-refractivity contribution in [2.24, 2.45) is 0 Å². The summed E-state index contributed by atoms with van der Waals surface area (Å²) in [7, 11) is -1.07. The fraction of sp³-hybridized carbons (Fsp3) is 1.00. The van der Waals surface area contributed by atoms with Crippen molar-refractivity contribution in [1.29, 1.82) is 0 Å². The molecule has 0 aliphatic carbocycles. The van der Waals surface area contributed by atoms with Crippen molar-refractivity contribution in [2.45, 2.75) is 123 Å². The van der Waals surface area contributed by atoms with Gasteiger partial charge in [0.1, 0.15) is 8.24 Å². The third-order valence-electron chi connectivity index (χ3n) is 5.56. The highest BCUT2D eigenvalue weighted by molar-refractivity contribution is 6.77. The molecule has 0 saturated heterocycles. The molecule has 1 nitrogen and oxygen atoms in total. The van der Waals surface area contributed by atoms with Crippen LogP contribution in [0.25, 0.3) is 0 Å². The monoisotopic (exact) mass is 327 g/mol. The molecule has 0 aliphatic heterocycles. The Balaban J connectivity index is 3.27. The van der Waals surface area contributed by atoms with Crippen LogP contribution in [0.1, 0.15) is 105 Å². The highest BCUT2D eigenvalue weighted by Crippen LogP contribution is 2.17. The molecule has 0 aromatic heterocycles. The lowest BCUT2D eigenvalue weighted by molar-refractivity contribution is 0.543. The van der Waals surface area contributed by atoms with Crippen LogP contribution in [0.2, 0.25) is 18.1 Å². The maximum atomic E-state index is 3.96. The molecule has 0 rings (SSSR count). The van der Waals surface area contributed by atoms with E-state index in [-0.39, 0.29) is 0 Å². The summed E-state index contributed by atoms with van der Waals surface area (Å²) < 4.78 is 0. The predicted octanol–water partition coefficient (Wildman–Crippen LogP) is 7.28. The molecule has 2 heteroatoms. The van der Waals surface area contributed by atoms with E-state index in [9.17, 15) is 0 Å². The van der Waals surface area contributed by atoms with Crippen LogP contribution >= 0.6 is 0 Å². The summed E-state index contributed by atoms with van der Waals surface area (Å²) in [5, 5.41) is 0. The van der Waals surface area contributed by atoms with Crippen molar-refractivity contribution in [2.75, 3.05) is 6.54 Å². The van der Waals surface area contributed by atoms with Crippen molar-refractivity contribution in [1.82, 2.24) is 4.98 Å². The second kappa shape index (κ2) is 16.0. The summed E-state index contributed by atoms with van der Waals surface area (Å²) in [5.41, 5.74) is 0. The summed E-state index contributed by atoms with van der Waals surface area (Å²) >= 11 is 0. The minimum Gasteiger partial charge on any atom is -0.337 e. The maximum Gasteiger partial charge on any atom is 0.124 e. The van der Waals surface area contributed by atoms with Crippen LogP contribution in [0.5, 0.6) is 0 Å². The van der Waals surface area contributed by atoms with Crippen LogP contribution < -0.4 is 4.98 Å². The van der Waals surface area contributed by atoms with E-state index in [0.29, 0.717) is 0 Å². The molecule has 0 radical (unpaired) electrons. The topological polar surface area (TPSA) is 12.0 Å². The molecule has 0 bridgehead atoms. The quantitative estimate of drug-likeness (QED) is 0.218. The van der Waals surface area contributed by atoms with Gasteiger partial charge in [0.2, 0.25) is 0 Å². The van der Waals surface area contributed by atoms with Gasteiger partial charge < -0.3 is 4.98 Å². The van der Waals surface area contributed by atoms with E-state index < -0.39 is 8.24 Å². The molecule has 0 aromatic carbocycles. The summed E-state index contributed by atoms with van der Waals surface area (Å²) in [5.74, 6) is 0. The van der Waals surface area contributed by atoms with Crippen LogP contribution in [0.3, 0.4) is 0 Å². The van der Waals surface area contributed by atoms with Gasteiger partial charge in [-0.2, -0.15) is 0 Å². The van der Waals surface area contributed by atoms with E-state index >= 15 is 0 Å². The van der Waals surface area contributed by atoms with Crippen molar-refractivity contribution in [3.63, 3.8) is 0 Å². The SMILES string of the molecule is CCCCCCCCCCCCCCN[Si](CC)(CC)CC. The van der Waals surface area contributed by atoms with Gasteiger partial charge in [0.05, 0.1) is 0 Å². The van der Waals surface area contributed by atoms with E-state index in [1.165, 1.54) is 102 Å². The average molecular weight is 328 g/mol. The third-order valence-corrected chi connectivity index (χ3v) is 10.6. The molecule has 0 atom stereocenters. The molecule has 134 valence electrons. The maximum absolute atomic E-state index is 3.96. The van der Waals surface area contributed by atoms with Gasteiger partial charge in [-0.25, -0.2) is 0 Å². The molecule has 22 heavy (non-hydrogen) atoms. The van der Waals surface area contributed by atoms with Gasteiger partial charge in [-0.1, -0.05) is 98.3 Å². The van der Waals surface area contributed by atoms with E-state index in [1.54, 1.807) is 0 Å². The van der Waals surface area contributed by atoms with Gasteiger partial charge >= 0.3 is 0 Å². The zero-order chi connectivity index (χ0) is 16.5.